The van der Waals surface area contributed by atoms with Crippen LogP contribution in [0.4, 0.5) is 0 Å². The summed E-state index contributed by atoms with van der Waals surface area (Å²) in [6.45, 7) is 4.22. The lowest BCUT2D eigenvalue weighted by atomic mass is 9.83. The molecule has 0 aromatic carbocycles. The summed E-state index contributed by atoms with van der Waals surface area (Å²) in [5.41, 5.74) is -2.83. The van der Waals surface area contributed by atoms with Gasteiger partial charge in [-0.25, -0.2) is 24.0 Å². The van der Waals surface area contributed by atoms with Gasteiger partial charge in [0.05, 0.1) is 22.3 Å². The Kier molecular flexibility index (Phi) is 8.61. The summed E-state index contributed by atoms with van der Waals surface area (Å²) in [6, 6.07) is 0. The van der Waals surface area contributed by atoms with Crippen LogP contribution in [0.5, 0.6) is 0 Å². The van der Waals surface area contributed by atoms with Crippen LogP contribution in [0, 0.1) is 0 Å². The van der Waals surface area contributed by atoms with Crippen molar-refractivity contribution in [1.29, 1.82) is 0 Å². The second-order valence-electron chi connectivity index (χ2n) is 8.05. The van der Waals surface area contributed by atoms with Gasteiger partial charge in [0.25, 0.3) is 0 Å². The zero-order valence-electron chi connectivity index (χ0n) is 17.9. The van der Waals surface area contributed by atoms with Crippen LogP contribution in [0.3, 0.4) is 0 Å². The highest BCUT2D eigenvalue weighted by molar-refractivity contribution is 6.04. The fourth-order valence-electron chi connectivity index (χ4n) is 4.46. The number of hydrogen-bond donors (Lipinski definition) is 5. The van der Waals surface area contributed by atoms with Crippen LogP contribution in [0.1, 0.15) is 35.6 Å². The molecule has 5 aliphatic heterocycles. The van der Waals surface area contributed by atoms with Crippen LogP contribution >= 0.6 is 0 Å². The fraction of sp³-hybridized carbons (Fsp3) is 0.500. The number of carboxylic acid groups (broad SMARTS) is 4. The molecule has 5 N–H and O–H groups in total. The van der Waals surface area contributed by atoms with Gasteiger partial charge < -0.3 is 39.5 Å². The Morgan fingerprint density at radius 3 is 1.75 bits per heavy atom. The Morgan fingerprint density at radius 1 is 0.861 bits per heavy atom. The van der Waals surface area contributed by atoms with Crippen LogP contribution in [0.2, 0.25) is 0 Å². The molecule has 0 spiro atoms. The molecule has 200 valence electrons. The maximum absolute atomic E-state index is 11.0. The number of carboxylic acids is 4. The number of hydrogen-bond acceptors (Lipinski definition) is 10. The zero-order chi connectivity index (χ0) is 25.7. The molecule has 5 rings (SSSR count). The van der Waals surface area contributed by atoms with E-state index in [9.17, 15) is 24.0 Å². The molecular weight excluding hydrogens is 488 g/mol. The summed E-state index contributed by atoms with van der Waals surface area (Å²) in [5, 5.41) is 43.0. The van der Waals surface area contributed by atoms with Crippen molar-refractivity contribution in [3.05, 3.63) is 34.4 Å². The molecule has 4 bridgehead atoms. The van der Waals surface area contributed by atoms with Gasteiger partial charge in [0.1, 0.15) is 35.6 Å². The lowest BCUT2D eigenvalue weighted by molar-refractivity contribution is -0.231. The van der Waals surface area contributed by atoms with Crippen LogP contribution in [-0.2, 0) is 43.1 Å². The smallest absolute Gasteiger partial charge is 0.339 e. The molecule has 5 heterocycles. The van der Waals surface area contributed by atoms with Gasteiger partial charge >= 0.3 is 29.8 Å². The summed E-state index contributed by atoms with van der Waals surface area (Å²) < 4.78 is 15.9. The Labute approximate surface area is 204 Å². The molecule has 6 unspecified atom stereocenters. The highest BCUT2D eigenvalue weighted by Gasteiger charge is 2.73. The summed E-state index contributed by atoms with van der Waals surface area (Å²) >= 11 is 0. The van der Waals surface area contributed by atoms with E-state index in [4.69, 9.17) is 39.9 Å². The third-order valence-corrected chi connectivity index (χ3v) is 5.82. The van der Waals surface area contributed by atoms with Crippen LogP contribution < -0.4 is 0 Å². The van der Waals surface area contributed by atoms with Gasteiger partial charge in [-0.05, 0) is 19.9 Å². The van der Waals surface area contributed by atoms with E-state index in [-0.39, 0.29) is 49.4 Å². The molecular formula is C22H28O14. The Hall–Kier alpha value is -3.59. The number of epoxide rings is 1. The molecule has 0 aromatic heterocycles. The van der Waals surface area contributed by atoms with Crippen molar-refractivity contribution in [3.63, 3.8) is 0 Å². The molecule has 0 saturated carbocycles. The monoisotopic (exact) mass is 516 g/mol. The van der Waals surface area contributed by atoms with Gasteiger partial charge in [-0.2, -0.15) is 5.26 Å². The first-order chi connectivity index (χ1) is 15.7. The Balaban J connectivity index is 0.000000292. The molecule has 0 aliphatic carbocycles. The molecule has 0 aromatic rings. The minimum atomic E-state index is -1.24. The van der Waals surface area contributed by atoms with Gasteiger partial charge in [0.2, 0.25) is 0 Å². The number of carbonyl (C=O) groups is 5. The third kappa shape index (κ3) is 4.75. The van der Waals surface area contributed by atoms with E-state index in [1.807, 2.05) is 0 Å². The van der Waals surface area contributed by atoms with E-state index in [1.54, 1.807) is 26.0 Å². The molecule has 2 fully saturated rings. The highest BCUT2D eigenvalue weighted by Crippen LogP contribution is 2.57. The van der Waals surface area contributed by atoms with Crippen LogP contribution in [-0.4, -0.2) is 91.1 Å². The predicted molar refractivity (Wildman–Crippen MR) is 117 cm³/mol. The van der Waals surface area contributed by atoms with Gasteiger partial charge in [-0.15, -0.1) is 0 Å². The standard InChI is InChI=1S/C9H8O6.C9H8O5.C2H4O3.2CH4/c1-9-3(8(12)13)2(7(10)11)4(15-9)5-6(9)14-5;1-9-3-2-4(14-9)5(7(10)11)6(9)8(12)13;1-2(3)5-4;;/h4-6H,1H3,(H,10,11)(H,12,13);2-4H,1H3,(H,10,11)(H,12,13);4H,1H3;2*1H4. The first-order valence-corrected chi connectivity index (χ1v) is 9.64. The van der Waals surface area contributed by atoms with Crippen molar-refractivity contribution in [2.75, 3.05) is 0 Å². The maximum atomic E-state index is 11.0. The number of aliphatic carboxylic acids is 4. The minimum Gasteiger partial charge on any atom is -0.478 e. The summed E-state index contributed by atoms with van der Waals surface area (Å²) in [5.74, 6) is -5.65. The van der Waals surface area contributed by atoms with E-state index < -0.39 is 53.3 Å². The second-order valence-corrected chi connectivity index (χ2v) is 8.05. The van der Waals surface area contributed by atoms with E-state index in [0.717, 1.165) is 6.92 Å². The average molecular weight is 516 g/mol. The average Bonchev–Trinajstić information content (AvgIpc) is 3.12. The second kappa shape index (κ2) is 10.2. The summed E-state index contributed by atoms with van der Waals surface area (Å²) in [6.07, 6.45) is 1.14. The molecule has 14 nitrogen and oxygen atoms in total. The number of ether oxygens (including phenoxy) is 3. The van der Waals surface area contributed by atoms with Crippen molar-refractivity contribution in [1.82, 2.24) is 0 Å². The molecule has 0 radical (unpaired) electrons. The Bertz CT molecular complexity index is 1080. The van der Waals surface area contributed by atoms with Gasteiger partial charge in [0.15, 0.2) is 0 Å². The van der Waals surface area contributed by atoms with Gasteiger partial charge in [-0.3, -0.25) is 0 Å². The topological polar surface area (TPSA) is 227 Å². The van der Waals surface area contributed by atoms with E-state index in [2.05, 4.69) is 4.89 Å². The summed E-state index contributed by atoms with van der Waals surface area (Å²) in [4.78, 5) is 56.1. The highest BCUT2D eigenvalue weighted by atomic mass is 17.1. The summed E-state index contributed by atoms with van der Waals surface area (Å²) in [7, 11) is 0. The number of carbonyl (C=O) groups excluding carboxylic acids is 1. The largest absolute Gasteiger partial charge is 0.478 e. The van der Waals surface area contributed by atoms with Crippen molar-refractivity contribution in [2.45, 2.75) is 71.2 Å². The number of rotatable bonds is 4. The normalized spacial score (nSPS) is 33.1. The van der Waals surface area contributed by atoms with E-state index in [0.29, 0.717) is 0 Å². The molecule has 36 heavy (non-hydrogen) atoms. The van der Waals surface area contributed by atoms with E-state index in [1.165, 1.54) is 0 Å². The third-order valence-electron chi connectivity index (χ3n) is 5.82. The molecule has 6 atom stereocenters. The van der Waals surface area contributed by atoms with Crippen molar-refractivity contribution >= 4 is 29.8 Å². The van der Waals surface area contributed by atoms with E-state index >= 15 is 0 Å². The predicted octanol–water partition coefficient (Wildman–Crippen LogP) is 0.865. The Morgan fingerprint density at radius 2 is 1.36 bits per heavy atom. The quantitative estimate of drug-likeness (QED) is 0.151. The molecule has 2 saturated heterocycles. The molecule has 5 aliphatic rings. The minimum absolute atomic E-state index is 0. The lowest BCUT2D eigenvalue weighted by Crippen LogP contribution is -2.36. The van der Waals surface area contributed by atoms with Crippen LogP contribution in [0.15, 0.2) is 34.4 Å². The first-order valence-electron chi connectivity index (χ1n) is 9.64. The number of fused-ring (bicyclic) bond motifs is 7. The van der Waals surface area contributed by atoms with Crippen molar-refractivity contribution < 1.29 is 68.8 Å². The zero-order valence-corrected chi connectivity index (χ0v) is 17.9. The molecule has 14 heteroatoms. The maximum Gasteiger partial charge on any atom is 0.339 e. The first kappa shape index (κ1) is 30.4. The van der Waals surface area contributed by atoms with Crippen molar-refractivity contribution in [2.24, 2.45) is 0 Å². The van der Waals surface area contributed by atoms with Crippen molar-refractivity contribution in [3.8, 4) is 0 Å². The SMILES string of the molecule is C.C.CC(=O)OO.CC12C=CC(O1)C(C(=O)O)=C2C(=O)O.CC12OC(C(C(=O)O)=C1C(=O)O)C1OC12. The lowest BCUT2D eigenvalue weighted by Gasteiger charge is -2.20. The molecule has 0 amide bonds. The van der Waals surface area contributed by atoms with Gasteiger partial charge in [0, 0.05) is 6.92 Å². The van der Waals surface area contributed by atoms with Crippen LogP contribution in [0.25, 0.3) is 0 Å². The van der Waals surface area contributed by atoms with Gasteiger partial charge in [-0.1, -0.05) is 20.9 Å². The fourth-order valence-corrected chi connectivity index (χ4v) is 4.46.